The Morgan fingerprint density at radius 1 is 1.23 bits per heavy atom. The van der Waals surface area contributed by atoms with Crippen LogP contribution in [0.25, 0.3) is 0 Å². The van der Waals surface area contributed by atoms with Gasteiger partial charge in [-0.05, 0) is 37.5 Å². The molecule has 2 aromatic carbocycles. The number of aromatic nitrogens is 2. The van der Waals surface area contributed by atoms with Crippen molar-refractivity contribution in [3.05, 3.63) is 89.3 Å². The van der Waals surface area contributed by atoms with Crippen molar-refractivity contribution in [3.8, 4) is 0 Å². The molecule has 0 N–H and O–H groups in total. The molecule has 3 aromatic rings. The van der Waals surface area contributed by atoms with Gasteiger partial charge in [-0.15, -0.1) is 0 Å². The number of halogens is 1. The van der Waals surface area contributed by atoms with Crippen LogP contribution in [0, 0.1) is 12.7 Å². The molecular weight excluding hydrogens is 381 g/mol. The van der Waals surface area contributed by atoms with E-state index in [-0.39, 0.29) is 17.6 Å². The summed E-state index contributed by atoms with van der Waals surface area (Å²) in [5, 5.41) is 0. The summed E-state index contributed by atoms with van der Waals surface area (Å²) in [4.78, 5) is 19.3. The molecule has 6 heteroatoms. The number of nitrogens with zero attached hydrogens (tertiary/aromatic N) is 3. The Kier molecular flexibility index (Phi) is 6.23. The van der Waals surface area contributed by atoms with Gasteiger partial charge >= 0.3 is 0 Å². The van der Waals surface area contributed by atoms with Gasteiger partial charge in [-0.1, -0.05) is 42.0 Å². The normalized spacial score (nSPS) is 16.0. The summed E-state index contributed by atoms with van der Waals surface area (Å²) in [6.07, 6.45) is 5.50. The van der Waals surface area contributed by atoms with Crippen LogP contribution in [0.4, 0.5) is 4.39 Å². The van der Waals surface area contributed by atoms with Crippen LogP contribution in [0.1, 0.15) is 40.2 Å². The lowest BCUT2D eigenvalue weighted by molar-refractivity contribution is 0.0495. The van der Waals surface area contributed by atoms with Gasteiger partial charge in [-0.25, -0.2) is 9.37 Å². The second-order valence-electron chi connectivity index (χ2n) is 7.76. The fourth-order valence-electron chi connectivity index (χ4n) is 3.75. The van der Waals surface area contributed by atoms with Crippen LogP contribution < -0.4 is 0 Å². The Morgan fingerprint density at radius 2 is 2.03 bits per heavy atom. The van der Waals surface area contributed by atoms with Gasteiger partial charge in [0.2, 0.25) is 0 Å². The third-order valence-electron chi connectivity index (χ3n) is 5.45. The molecule has 1 amide bonds. The van der Waals surface area contributed by atoms with Gasteiger partial charge in [0.1, 0.15) is 11.6 Å². The summed E-state index contributed by atoms with van der Waals surface area (Å²) in [5.74, 6) is -0.0883. The van der Waals surface area contributed by atoms with Gasteiger partial charge in [0, 0.05) is 32.1 Å². The summed E-state index contributed by atoms with van der Waals surface area (Å²) in [6.45, 7) is 4.14. The van der Waals surface area contributed by atoms with E-state index in [0.717, 1.165) is 24.2 Å². The molecule has 1 aliphatic rings. The fourth-order valence-corrected chi connectivity index (χ4v) is 3.75. The van der Waals surface area contributed by atoms with E-state index in [0.29, 0.717) is 26.2 Å². The van der Waals surface area contributed by atoms with Crippen LogP contribution >= 0.6 is 0 Å². The van der Waals surface area contributed by atoms with Gasteiger partial charge in [0.15, 0.2) is 0 Å². The van der Waals surface area contributed by atoms with Crippen LogP contribution in [0.3, 0.4) is 0 Å². The SMILES string of the molecule is Cc1ccc(Cn2ccnc2CN(C[C@@H]2CCCO2)C(=O)c2ccccc2F)cc1. The summed E-state index contributed by atoms with van der Waals surface area (Å²) in [5.41, 5.74) is 2.45. The third kappa shape index (κ3) is 4.76. The number of ether oxygens (including phenoxy) is 1. The first-order valence-electron chi connectivity index (χ1n) is 10.3. The molecule has 2 heterocycles. The number of imidazole rings is 1. The number of rotatable bonds is 7. The van der Waals surface area contributed by atoms with Crippen molar-refractivity contribution in [1.82, 2.24) is 14.5 Å². The number of hydrogen-bond acceptors (Lipinski definition) is 3. The molecule has 30 heavy (non-hydrogen) atoms. The number of hydrogen-bond donors (Lipinski definition) is 0. The van der Waals surface area contributed by atoms with Crippen LogP contribution in [0.5, 0.6) is 0 Å². The van der Waals surface area contributed by atoms with E-state index >= 15 is 0 Å². The summed E-state index contributed by atoms with van der Waals surface area (Å²) in [6, 6.07) is 14.5. The summed E-state index contributed by atoms with van der Waals surface area (Å²) >= 11 is 0. The monoisotopic (exact) mass is 407 g/mol. The van der Waals surface area contributed by atoms with E-state index in [2.05, 4.69) is 36.2 Å². The van der Waals surface area contributed by atoms with Crippen molar-refractivity contribution in [2.45, 2.75) is 39.0 Å². The molecule has 1 aromatic heterocycles. The molecule has 1 aliphatic heterocycles. The smallest absolute Gasteiger partial charge is 0.257 e. The molecule has 0 radical (unpaired) electrons. The maximum atomic E-state index is 14.3. The Bertz CT molecular complexity index is 994. The quantitative estimate of drug-likeness (QED) is 0.590. The first-order valence-corrected chi connectivity index (χ1v) is 10.3. The molecule has 0 unspecified atom stereocenters. The number of aryl methyl sites for hydroxylation is 1. The average Bonchev–Trinajstić information content (AvgIpc) is 3.41. The Hall–Kier alpha value is -2.99. The fraction of sp³-hybridized carbons (Fsp3) is 0.333. The van der Waals surface area contributed by atoms with Crippen LogP contribution in [-0.4, -0.2) is 39.6 Å². The minimum atomic E-state index is -0.511. The van der Waals surface area contributed by atoms with Crippen molar-refractivity contribution in [3.63, 3.8) is 0 Å². The lowest BCUT2D eigenvalue weighted by atomic mass is 10.1. The van der Waals surface area contributed by atoms with Gasteiger partial charge in [-0.2, -0.15) is 0 Å². The number of amides is 1. The zero-order valence-electron chi connectivity index (χ0n) is 17.1. The number of carbonyl (C=O) groups is 1. The molecule has 0 saturated carbocycles. The van der Waals surface area contributed by atoms with Gasteiger partial charge in [0.25, 0.3) is 5.91 Å². The molecule has 1 fully saturated rings. The van der Waals surface area contributed by atoms with Gasteiger partial charge in [-0.3, -0.25) is 4.79 Å². The minimum Gasteiger partial charge on any atom is -0.376 e. The van der Waals surface area contributed by atoms with Crippen LogP contribution in [0.2, 0.25) is 0 Å². The second kappa shape index (κ2) is 9.22. The van der Waals surface area contributed by atoms with Crippen molar-refractivity contribution in [2.75, 3.05) is 13.2 Å². The van der Waals surface area contributed by atoms with E-state index in [1.807, 2.05) is 10.8 Å². The molecule has 1 saturated heterocycles. The van der Waals surface area contributed by atoms with Crippen molar-refractivity contribution >= 4 is 5.91 Å². The average molecular weight is 407 g/mol. The maximum absolute atomic E-state index is 14.3. The van der Waals surface area contributed by atoms with Crippen molar-refractivity contribution in [1.29, 1.82) is 0 Å². The van der Waals surface area contributed by atoms with Gasteiger partial charge < -0.3 is 14.2 Å². The second-order valence-corrected chi connectivity index (χ2v) is 7.76. The predicted octanol–water partition coefficient (Wildman–Crippen LogP) is 4.20. The van der Waals surface area contributed by atoms with Gasteiger partial charge in [0.05, 0.1) is 18.2 Å². The lowest BCUT2D eigenvalue weighted by Crippen LogP contribution is -2.38. The molecular formula is C24H26FN3O2. The molecule has 0 aliphatic carbocycles. The van der Waals surface area contributed by atoms with Crippen LogP contribution in [-0.2, 0) is 17.8 Å². The number of carbonyl (C=O) groups excluding carboxylic acids is 1. The zero-order valence-corrected chi connectivity index (χ0v) is 17.1. The molecule has 5 nitrogen and oxygen atoms in total. The third-order valence-corrected chi connectivity index (χ3v) is 5.45. The highest BCUT2D eigenvalue weighted by Gasteiger charge is 2.26. The van der Waals surface area contributed by atoms with E-state index < -0.39 is 5.82 Å². The van der Waals surface area contributed by atoms with Crippen molar-refractivity contribution < 1.29 is 13.9 Å². The highest BCUT2D eigenvalue weighted by molar-refractivity contribution is 5.94. The molecule has 156 valence electrons. The molecule has 1 atom stereocenters. The highest BCUT2D eigenvalue weighted by atomic mass is 19.1. The minimum absolute atomic E-state index is 0.0266. The summed E-state index contributed by atoms with van der Waals surface area (Å²) in [7, 11) is 0. The van der Waals surface area contributed by atoms with E-state index in [1.165, 1.54) is 17.7 Å². The van der Waals surface area contributed by atoms with E-state index in [9.17, 15) is 9.18 Å². The largest absolute Gasteiger partial charge is 0.376 e. The molecule has 0 bridgehead atoms. The first-order chi connectivity index (χ1) is 14.6. The van der Waals surface area contributed by atoms with E-state index in [1.54, 1.807) is 23.2 Å². The predicted molar refractivity (Wildman–Crippen MR) is 113 cm³/mol. The standard InChI is InChI=1S/C24H26FN3O2/c1-18-8-10-19(11-9-18)15-27-13-12-26-23(27)17-28(16-20-5-4-14-30-20)24(29)21-6-2-3-7-22(21)25/h2-3,6-13,20H,4-5,14-17H2,1H3/t20-/m0/s1. The Morgan fingerprint density at radius 3 is 2.77 bits per heavy atom. The highest BCUT2D eigenvalue weighted by Crippen LogP contribution is 2.19. The zero-order chi connectivity index (χ0) is 20.9. The Labute approximate surface area is 176 Å². The van der Waals surface area contributed by atoms with Crippen molar-refractivity contribution in [2.24, 2.45) is 0 Å². The molecule has 4 rings (SSSR count). The van der Waals surface area contributed by atoms with E-state index in [4.69, 9.17) is 4.74 Å². The maximum Gasteiger partial charge on any atom is 0.257 e. The molecule has 0 spiro atoms. The lowest BCUT2D eigenvalue weighted by Gasteiger charge is -2.26. The Balaban J connectivity index is 1.56. The van der Waals surface area contributed by atoms with Crippen LogP contribution in [0.15, 0.2) is 60.9 Å². The number of benzene rings is 2. The summed E-state index contributed by atoms with van der Waals surface area (Å²) < 4.78 is 22.1. The topological polar surface area (TPSA) is 47.4 Å². The first kappa shape index (κ1) is 20.3.